The second kappa shape index (κ2) is 9.20. The van der Waals surface area contributed by atoms with Gasteiger partial charge in [0.2, 0.25) is 11.8 Å². The van der Waals surface area contributed by atoms with E-state index in [1.165, 1.54) is 0 Å². The van der Waals surface area contributed by atoms with Crippen LogP contribution in [-0.4, -0.2) is 86.7 Å². The van der Waals surface area contributed by atoms with E-state index in [1.807, 2.05) is 0 Å². The van der Waals surface area contributed by atoms with E-state index in [1.54, 1.807) is 7.11 Å². The molecule has 23 heavy (non-hydrogen) atoms. The van der Waals surface area contributed by atoms with Gasteiger partial charge in [-0.15, -0.1) is 0 Å². The molecule has 0 aliphatic carbocycles. The maximum absolute atomic E-state index is 12.2. The molecule has 7 nitrogen and oxygen atoms in total. The Bertz CT molecular complexity index is 405. The minimum atomic E-state index is -0.370. The predicted molar refractivity (Wildman–Crippen MR) is 88.1 cm³/mol. The Morgan fingerprint density at radius 1 is 1.39 bits per heavy atom. The molecule has 2 amide bonds. The number of carbonyl (C=O) groups is 2. The van der Waals surface area contributed by atoms with E-state index in [9.17, 15) is 9.59 Å². The summed E-state index contributed by atoms with van der Waals surface area (Å²) in [6.45, 7) is 7.62. The normalized spacial score (nSPS) is 27.3. The van der Waals surface area contributed by atoms with E-state index >= 15 is 0 Å². The lowest BCUT2D eigenvalue weighted by molar-refractivity contribution is -0.129. The molecule has 0 aromatic heterocycles. The molecule has 0 aromatic rings. The summed E-state index contributed by atoms with van der Waals surface area (Å²) in [7, 11) is 1.72. The van der Waals surface area contributed by atoms with Crippen molar-refractivity contribution in [3.8, 4) is 0 Å². The molecular formula is C16H30N4O3. The topological polar surface area (TPSA) is 73.9 Å². The second-order valence-corrected chi connectivity index (χ2v) is 6.52. The minimum Gasteiger partial charge on any atom is -0.383 e. The van der Waals surface area contributed by atoms with Gasteiger partial charge in [-0.2, -0.15) is 0 Å². The van der Waals surface area contributed by atoms with Crippen LogP contribution in [-0.2, 0) is 14.3 Å². The average Bonchev–Trinajstić information content (AvgIpc) is 2.71. The molecule has 2 N–H and O–H groups in total. The van der Waals surface area contributed by atoms with Gasteiger partial charge in [-0.25, -0.2) is 0 Å². The Kier molecular flexibility index (Phi) is 7.26. The van der Waals surface area contributed by atoms with E-state index in [4.69, 9.17) is 4.74 Å². The molecule has 0 saturated carbocycles. The van der Waals surface area contributed by atoms with Crippen LogP contribution in [0.5, 0.6) is 0 Å². The molecule has 2 saturated heterocycles. The van der Waals surface area contributed by atoms with E-state index in [2.05, 4.69) is 27.4 Å². The molecule has 0 bridgehead atoms. The fourth-order valence-corrected chi connectivity index (χ4v) is 3.28. The lowest BCUT2D eigenvalue weighted by Gasteiger charge is -2.39. The Morgan fingerprint density at radius 3 is 2.96 bits per heavy atom. The summed E-state index contributed by atoms with van der Waals surface area (Å²) in [4.78, 5) is 28.7. The van der Waals surface area contributed by atoms with Crippen molar-refractivity contribution in [3.05, 3.63) is 0 Å². The fraction of sp³-hybridized carbons (Fsp3) is 0.875. The maximum atomic E-state index is 12.2. The van der Waals surface area contributed by atoms with Gasteiger partial charge in [-0.05, 0) is 26.2 Å². The molecule has 2 aliphatic heterocycles. The van der Waals surface area contributed by atoms with Crippen LogP contribution in [0.25, 0.3) is 0 Å². The summed E-state index contributed by atoms with van der Waals surface area (Å²) in [5.74, 6) is -0.0989. The van der Waals surface area contributed by atoms with E-state index < -0.39 is 0 Å². The van der Waals surface area contributed by atoms with Gasteiger partial charge in [0.15, 0.2) is 0 Å². The first-order chi connectivity index (χ1) is 11.1. The number of methoxy groups -OCH3 is 1. The molecule has 0 aromatic carbocycles. The third kappa shape index (κ3) is 5.75. The Labute approximate surface area is 138 Å². The maximum Gasteiger partial charge on any atom is 0.242 e. The van der Waals surface area contributed by atoms with Crippen molar-refractivity contribution in [2.75, 3.05) is 53.0 Å². The number of ether oxygens (including phenoxy) is 1. The zero-order valence-corrected chi connectivity index (χ0v) is 14.3. The van der Waals surface area contributed by atoms with Crippen LogP contribution in [0.4, 0.5) is 0 Å². The van der Waals surface area contributed by atoms with Crippen molar-refractivity contribution >= 4 is 11.8 Å². The monoisotopic (exact) mass is 326 g/mol. The lowest BCUT2D eigenvalue weighted by Crippen LogP contribution is -2.55. The molecule has 132 valence electrons. The SMILES string of the molecule is COCCN1CCN(CC(=O)N[C@H]2CCCCNC2=O)C[C@H]1C. The highest BCUT2D eigenvalue weighted by Gasteiger charge is 2.26. The second-order valence-electron chi connectivity index (χ2n) is 6.52. The van der Waals surface area contributed by atoms with Gasteiger partial charge in [0.25, 0.3) is 0 Å². The van der Waals surface area contributed by atoms with Crippen molar-refractivity contribution in [2.45, 2.75) is 38.3 Å². The smallest absolute Gasteiger partial charge is 0.242 e. The molecular weight excluding hydrogens is 296 g/mol. The highest BCUT2D eigenvalue weighted by molar-refractivity contribution is 5.88. The summed E-state index contributed by atoms with van der Waals surface area (Å²) in [6, 6.07) is 0.0401. The van der Waals surface area contributed by atoms with Crippen LogP contribution < -0.4 is 10.6 Å². The Morgan fingerprint density at radius 2 is 2.22 bits per heavy atom. The van der Waals surface area contributed by atoms with E-state index in [-0.39, 0.29) is 17.9 Å². The summed E-state index contributed by atoms with van der Waals surface area (Å²) in [5.41, 5.74) is 0. The first kappa shape index (κ1) is 18.2. The first-order valence-corrected chi connectivity index (χ1v) is 8.62. The number of piperazine rings is 1. The van der Waals surface area contributed by atoms with E-state index in [0.29, 0.717) is 19.1 Å². The molecule has 0 spiro atoms. The summed E-state index contributed by atoms with van der Waals surface area (Å²) in [6.07, 6.45) is 2.69. The summed E-state index contributed by atoms with van der Waals surface area (Å²) in [5, 5.41) is 5.74. The summed E-state index contributed by atoms with van der Waals surface area (Å²) < 4.78 is 5.13. The zero-order chi connectivity index (χ0) is 16.7. The van der Waals surface area contributed by atoms with Gasteiger partial charge in [0, 0.05) is 45.9 Å². The summed E-state index contributed by atoms with van der Waals surface area (Å²) >= 11 is 0. The molecule has 2 fully saturated rings. The first-order valence-electron chi connectivity index (χ1n) is 8.62. The third-order valence-electron chi connectivity index (χ3n) is 4.67. The standard InChI is InChI=1S/C16H30N4O3/c1-13-11-19(7-8-20(13)9-10-23-2)12-15(21)18-14-5-3-4-6-17-16(14)22/h13-14H,3-12H2,1-2H3,(H,17,22)(H,18,21)/t13-,14+/m1/s1. The largest absolute Gasteiger partial charge is 0.383 e. The van der Waals surface area contributed by atoms with E-state index in [0.717, 1.165) is 52.0 Å². The fourth-order valence-electron chi connectivity index (χ4n) is 3.28. The number of nitrogens with one attached hydrogen (secondary N) is 2. The van der Waals surface area contributed by atoms with Crippen molar-refractivity contribution in [2.24, 2.45) is 0 Å². The van der Waals surface area contributed by atoms with Crippen LogP contribution in [0, 0.1) is 0 Å². The minimum absolute atomic E-state index is 0.0476. The molecule has 2 aliphatic rings. The number of hydrogen-bond donors (Lipinski definition) is 2. The highest BCUT2D eigenvalue weighted by Crippen LogP contribution is 2.09. The van der Waals surface area contributed by atoms with Crippen molar-refractivity contribution < 1.29 is 14.3 Å². The molecule has 2 heterocycles. The van der Waals surface area contributed by atoms with Crippen LogP contribution in [0.2, 0.25) is 0 Å². The van der Waals surface area contributed by atoms with Gasteiger partial charge in [0.1, 0.15) is 6.04 Å². The van der Waals surface area contributed by atoms with Gasteiger partial charge in [-0.3, -0.25) is 19.4 Å². The number of hydrogen-bond acceptors (Lipinski definition) is 5. The van der Waals surface area contributed by atoms with Crippen LogP contribution in [0.15, 0.2) is 0 Å². The van der Waals surface area contributed by atoms with Crippen molar-refractivity contribution in [3.63, 3.8) is 0 Å². The van der Waals surface area contributed by atoms with Gasteiger partial charge in [0.05, 0.1) is 13.2 Å². The van der Waals surface area contributed by atoms with Gasteiger partial charge in [-0.1, -0.05) is 0 Å². The number of nitrogens with zero attached hydrogens (tertiary/aromatic N) is 2. The Balaban J connectivity index is 1.74. The number of amides is 2. The number of rotatable bonds is 6. The molecule has 2 atom stereocenters. The molecule has 7 heteroatoms. The number of carbonyl (C=O) groups excluding carboxylic acids is 2. The van der Waals surface area contributed by atoms with Crippen LogP contribution in [0.3, 0.4) is 0 Å². The highest BCUT2D eigenvalue weighted by atomic mass is 16.5. The lowest BCUT2D eigenvalue weighted by atomic mass is 10.1. The zero-order valence-electron chi connectivity index (χ0n) is 14.3. The van der Waals surface area contributed by atoms with Crippen molar-refractivity contribution in [1.29, 1.82) is 0 Å². The van der Waals surface area contributed by atoms with Gasteiger partial charge < -0.3 is 15.4 Å². The van der Waals surface area contributed by atoms with Crippen LogP contribution in [0.1, 0.15) is 26.2 Å². The predicted octanol–water partition coefficient (Wildman–Crippen LogP) is -0.576. The Hall–Kier alpha value is -1.18. The molecule has 2 rings (SSSR count). The van der Waals surface area contributed by atoms with Crippen molar-refractivity contribution in [1.82, 2.24) is 20.4 Å². The quantitative estimate of drug-likeness (QED) is 0.683. The molecule has 0 radical (unpaired) electrons. The van der Waals surface area contributed by atoms with Gasteiger partial charge >= 0.3 is 0 Å². The molecule has 0 unspecified atom stereocenters. The average molecular weight is 326 g/mol. The third-order valence-corrected chi connectivity index (χ3v) is 4.67. The van der Waals surface area contributed by atoms with Crippen LogP contribution >= 0.6 is 0 Å².